The van der Waals surface area contributed by atoms with Crippen molar-refractivity contribution in [2.45, 2.75) is 13.0 Å². The average molecular weight is 286 g/mol. The fraction of sp³-hybridized carbons (Fsp3) is 0.250. The Kier molecular flexibility index (Phi) is 4.77. The molecule has 0 aliphatic carbocycles. The molecule has 5 nitrogen and oxygen atoms in total. The molecule has 0 saturated heterocycles. The minimum absolute atomic E-state index is 0.132. The Morgan fingerprint density at radius 1 is 1.19 bits per heavy atom. The predicted molar refractivity (Wildman–Crippen MR) is 78.7 cm³/mol. The SMILES string of the molecule is C[C@@H](NC(=O)COC(=O)c1cccn1C)c1ccccc1. The summed E-state index contributed by atoms with van der Waals surface area (Å²) >= 11 is 0. The van der Waals surface area contributed by atoms with Gasteiger partial charge in [-0.3, -0.25) is 4.79 Å². The Morgan fingerprint density at radius 2 is 1.90 bits per heavy atom. The van der Waals surface area contributed by atoms with E-state index in [0.717, 1.165) is 5.56 Å². The molecule has 0 saturated carbocycles. The van der Waals surface area contributed by atoms with E-state index in [1.165, 1.54) is 0 Å². The minimum atomic E-state index is -0.509. The van der Waals surface area contributed by atoms with Gasteiger partial charge >= 0.3 is 5.97 Å². The van der Waals surface area contributed by atoms with Crippen molar-refractivity contribution in [3.63, 3.8) is 0 Å². The van der Waals surface area contributed by atoms with Crippen molar-refractivity contribution in [3.8, 4) is 0 Å². The molecule has 0 aliphatic heterocycles. The van der Waals surface area contributed by atoms with Gasteiger partial charge in [-0.2, -0.15) is 0 Å². The van der Waals surface area contributed by atoms with Crippen LogP contribution in [0.15, 0.2) is 48.7 Å². The third-order valence-corrected chi connectivity index (χ3v) is 3.16. The minimum Gasteiger partial charge on any atom is -0.451 e. The van der Waals surface area contributed by atoms with E-state index in [9.17, 15) is 9.59 Å². The van der Waals surface area contributed by atoms with Crippen LogP contribution in [0.25, 0.3) is 0 Å². The first-order valence-electron chi connectivity index (χ1n) is 6.70. The molecule has 21 heavy (non-hydrogen) atoms. The van der Waals surface area contributed by atoms with Gasteiger partial charge in [0, 0.05) is 13.2 Å². The zero-order valence-electron chi connectivity index (χ0n) is 12.1. The fourth-order valence-corrected chi connectivity index (χ4v) is 1.99. The molecule has 0 radical (unpaired) electrons. The van der Waals surface area contributed by atoms with Gasteiger partial charge in [-0.05, 0) is 24.6 Å². The molecule has 0 spiro atoms. The van der Waals surface area contributed by atoms with E-state index in [4.69, 9.17) is 4.74 Å². The molecule has 0 unspecified atom stereocenters. The number of carbonyl (C=O) groups is 2. The van der Waals surface area contributed by atoms with E-state index in [1.54, 1.807) is 29.9 Å². The maximum Gasteiger partial charge on any atom is 0.355 e. The van der Waals surface area contributed by atoms with Crippen LogP contribution in [0.3, 0.4) is 0 Å². The van der Waals surface area contributed by atoms with Gasteiger partial charge in [0.2, 0.25) is 0 Å². The molecule has 1 heterocycles. The van der Waals surface area contributed by atoms with E-state index < -0.39 is 5.97 Å². The van der Waals surface area contributed by atoms with E-state index in [-0.39, 0.29) is 18.6 Å². The highest BCUT2D eigenvalue weighted by Crippen LogP contribution is 2.10. The van der Waals surface area contributed by atoms with Crippen LogP contribution in [0.4, 0.5) is 0 Å². The summed E-state index contributed by atoms with van der Waals surface area (Å²) in [5.41, 5.74) is 1.42. The van der Waals surface area contributed by atoms with Gasteiger partial charge in [-0.15, -0.1) is 0 Å². The van der Waals surface area contributed by atoms with E-state index in [1.807, 2.05) is 37.3 Å². The van der Waals surface area contributed by atoms with Crippen LogP contribution in [0.2, 0.25) is 0 Å². The summed E-state index contributed by atoms with van der Waals surface area (Å²) in [5.74, 6) is -0.834. The van der Waals surface area contributed by atoms with Gasteiger partial charge in [0.1, 0.15) is 5.69 Å². The summed E-state index contributed by atoms with van der Waals surface area (Å²) in [6.45, 7) is 1.59. The molecule has 2 aromatic rings. The first-order chi connectivity index (χ1) is 10.1. The molecule has 1 N–H and O–H groups in total. The van der Waals surface area contributed by atoms with Crippen LogP contribution in [-0.4, -0.2) is 23.1 Å². The standard InChI is InChI=1S/C16H18N2O3/c1-12(13-7-4-3-5-8-13)17-15(19)11-21-16(20)14-9-6-10-18(14)2/h3-10,12H,11H2,1-2H3,(H,17,19)/t12-/m1/s1. The van der Waals surface area contributed by atoms with Gasteiger partial charge in [0.05, 0.1) is 6.04 Å². The monoisotopic (exact) mass is 286 g/mol. The molecule has 110 valence electrons. The number of rotatable bonds is 5. The van der Waals surface area contributed by atoms with Crippen LogP contribution in [0.1, 0.15) is 29.0 Å². The van der Waals surface area contributed by atoms with Gasteiger partial charge in [0.15, 0.2) is 6.61 Å². The molecule has 0 bridgehead atoms. The molecule has 1 atom stereocenters. The third-order valence-electron chi connectivity index (χ3n) is 3.16. The van der Waals surface area contributed by atoms with Crippen LogP contribution >= 0.6 is 0 Å². The van der Waals surface area contributed by atoms with E-state index >= 15 is 0 Å². The number of nitrogens with zero attached hydrogens (tertiary/aromatic N) is 1. The number of ether oxygens (including phenoxy) is 1. The zero-order chi connectivity index (χ0) is 15.2. The van der Waals surface area contributed by atoms with Crippen molar-refractivity contribution >= 4 is 11.9 Å². The van der Waals surface area contributed by atoms with Crippen molar-refractivity contribution in [2.75, 3.05) is 6.61 Å². The Balaban J connectivity index is 1.83. The Hall–Kier alpha value is -2.56. The number of amides is 1. The second-order valence-corrected chi connectivity index (χ2v) is 4.78. The van der Waals surface area contributed by atoms with Crippen molar-refractivity contribution < 1.29 is 14.3 Å². The molecule has 0 fully saturated rings. The lowest BCUT2D eigenvalue weighted by atomic mass is 10.1. The van der Waals surface area contributed by atoms with Gasteiger partial charge in [-0.1, -0.05) is 30.3 Å². The van der Waals surface area contributed by atoms with Crippen molar-refractivity contribution in [1.82, 2.24) is 9.88 Å². The summed E-state index contributed by atoms with van der Waals surface area (Å²) in [5, 5.41) is 2.79. The summed E-state index contributed by atoms with van der Waals surface area (Å²) in [6.07, 6.45) is 1.74. The highest BCUT2D eigenvalue weighted by Gasteiger charge is 2.14. The quantitative estimate of drug-likeness (QED) is 0.856. The first kappa shape index (κ1) is 14.8. The lowest BCUT2D eigenvalue weighted by Crippen LogP contribution is -2.31. The molecule has 2 rings (SSSR count). The third kappa shape index (κ3) is 3.95. The molecule has 5 heteroatoms. The zero-order valence-corrected chi connectivity index (χ0v) is 12.1. The lowest BCUT2D eigenvalue weighted by Gasteiger charge is -2.14. The fourth-order valence-electron chi connectivity index (χ4n) is 1.99. The number of nitrogens with one attached hydrogen (secondary N) is 1. The smallest absolute Gasteiger partial charge is 0.355 e. The number of aromatic nitrogens is 1. The number of benzene rings is 1. The molecular weight excluding hydrogens is 268 g/mol. The van der Waals surface area contributed by atoms with Crippen LogP contribution in [0, 0.1) is 0 Å². The molecule has 1 aromatic heterocycles. The highest BCUT2D eigenvalue weighted by atomic mass is 16.5. The van der Waals surface area contributed by atoms with Crippen LogP contribution in [-0.2, 0) is 16.6 Å². The maximum atomic E-state index is 11.8. The number of aryl methyl sites for hydroxylation is 1. The van der Waals surface area contributed by atoms with Crippen molar-refractivity contribution in [2.24, 2.45) is 7.05 Å². The predicted octanol–water partition coefficient (Wildman–Crippen LogP) is 2.06. The van der Waals surface area contributed by atoms with Crippen molar-refractivity contribution in [3.05, 3.63) is 59.9 Å². The lowest BCUT2D eigenvalue weighted by molar-refractivity contribution is -0.124. The average Bonchev–Trinajstić information content (AvgIpc) is 2.92. The Labute approximate surface area is 123 Å². The molecule has 1 aromatic carbocycles. The second-order valence-electron chi connectivity index (χ2n) is 4.78. The number of carbonyl (C=O) groups excluding carboxylic acids is 2. The summed E-state index contributed by atoms with van der Waals surface area (Å²) < 4.78 is 6.64. The Bertz CT molecular complexity index is 619. The normalized spacial score (nSPS) is 11.7. The van der Waals surface area contributed by atoms with Crippen LogP contribution in [0.5, 0.6) is 0 Å². The summed E-state index contributed by atoms with van der Waals surface area (Å²) in [4.78, 5) is 23.6. The number of hydrogen-bond donors (Lipinski definition) is 1. The molecular formula is C16H18N2O3. The second kappa shape index (κ2) is 6.74. The Morgan fingerprint density at radius 3 is 2.52 bits per heavy atom. The molecule has 0 aliphatic rings. The van der Waals surface area contributed by atoms with Gasteiger partial charge in [-0.25, -0.2) is 4.79 Å². The molecule has 1 amide bonds. The topological polar surface area (TPSA) is 60.3 Å². The van der Waals surface area contributed by atoms with Gasteiger partial charge in [0.25, 0.3) is 5.91 Å². The highest BCUT2D eigenvalue weighted by molar-refractivity contribution is 5.90. The largest absolute Gasteiger partial charge is 0.451 e. The number of esters is 1. The van der Waals surface area contributed by atoms with Crippen molar-refractivity contribution in [1.29, 1.82) is 0 Å². The van der Waals surface area contributed by atoms with Crippen LogP contribution < -0.4 is 5.32 Å². The number of hydrogen-bond acceptors (Lipinski definition) is 3. The van der Waals surface area contributed by atoms with E-state index in [2.05, 4.69) is 5.32 Å². The van der Waals surface area contributed by atoms with E-state index in [0.29, 0.717) is 5.69 Å². The summed E-state index contributed by atoms with van der Waals surface area (Å²) in [6, 6.07) is 12.9. The summed E-state index contributed by atoms with van der Waals surface area (Å²) in [7, 11) is 1.74. The van der Waals surface area contributed by atoms with Gasteiger partial charge < -0.3 is 14.6 Å². The maximum absolute atomic E-state index is 11.8. The first-order valence-corrected chi connectivity index (χ1v) is 6.70.